The van der Waals surface area contributed by atoms with Crippen molar-refractivity contribution >= 4 is 5.91 Å². The first kappa shape index (κ1) is 16.7. The van der Waals surface area contributed by atoms with Gasteiger partial charge in [0.15, 0.2) is 0 Å². The van der Waals surface area contributed by atoms with Gasteiger partial charge in [0, 0.05) is 19.6 Å². The van der Waals surface area contributed by atoms with Crippen molar-refractivity contribution in [3.63, 3.8) is 0 Å². The van der Waals surface area contributed by atoms with E-state index in [9.17, 15) is 4.79 Å². The molecule has 1 aliphatic heterocycles. The van der Waals surface area contributed by atoms with Crippen LogP contribution in [0.15, 0.2) is 60.7 Å². The van der Waals surface area contributed by atoms with E-state index in [4.69, 9.17) is 4.74 Å². The SMILES string of the molecule is CO[C@H](C[C@@H]1CCN([C@@H](C)c2ccccc2)C1=O)c1ccccc1. The largest absolute Gasteiger partial charge is 0.377 e. The first-order valence-electron chi connectivity index (χ1n) is 8.64. The molecule has 1 fully saturated rings. The third-order valence-electron chi connectivity index (χ3n) is 5.05. The van der Waals surface area contributed by atoms with E-state index in [1.165, 1.54) is 5.56 Å². The molecule has 1 saturated heterocycles. The highest BCUT2D eigenvalue weighted by molar-refractivity contribution is 5.81. The zero-order valence-corrected chi connectivity index (χ0v) is 14.4. The van der Waals surface area contributed by atoms with Gasteiger partial charge in [-0.2, -0.15) is 0 Å². The molecule has 0 N–H and O–H groups in total. The second kappa shape index (κ2) is 7.63. The topological polar surface area (TPSA) is 29.5 Å². The number of hydrogen-bond donors (Lipinski definition) is 0. The van der Waals surface area contributed by atoms with Gasteiger partial charge in [-0.05, 0) is 30.9 Å². The number of rotatable bonds is 6. The standard InChI is InChI=1S/C21H25NO2/c1-16(17-9-5-3-6-10-17)22-14-13-19(21(22)23)15-20(24-2)18-11-7-4-8-12-18/h3-12,16,19-20H,13-15H2,1-2H3/t16-,19-,20+/m0/s1. The molecule has 0 radical (unpaired) electrons. The molecule has 3 atom stereocenters. The fourth-order valence-electron chi connectivity index (χ4n) is 3.57. The van der Waals surface area contributed by atoms with Crippen LogP contribution in [0.2, 0.25) is 0 Å². The molecule has 1 aliphatic rings. The van der Waals surface area contributed by atoms with Crippen molar-refractivity contribution in [2.45, 2.75) is 31.9 Å². The zero-order chi connectivity index (χ0) is 16.9. The van der Waals surface area contributed by atoms with Gasteiger partial charge in [0.25, 0.3) is 0 Å². The van der Waals surface area contributed by atoms with E-state index < -0.39 is 0 Å². The predicted octanol–water partition coefficient (Wildman–Crippen LogP) is 4.37. The van der Waals surface area contributed by atoms with E-state index in [1.807, 2.05) is 41.3 Å². The molecular weight excluding hydrogens is 298 g/mol. The first-order valence-corrected chi connectivity index (χ1v) is 8.64. The number of nitrogens with zero attached hydrogens (tertiary/aromatic N) is 1. The summed E-state index contributed by atoms with van der Waals surface area (Å²) >= 11 is 0. The Morgan fingerprint density at radius 2 is 1.62 bits per heavy atom. The maximum Gasteiger partial charge on any atom is 0.226 e. The fraction of sp³-hybridized carbons (Fsp3) is 0.381. The van der Waals surface area contributed by atoms with E-state index in [0.29, 0.717) is 0 Å². The van der Waals surface area contributed by atoms with Crippen LogP contribution in [-0.2, 0) is 9.53 Å². The lowest BCUT2D eigenvalue weighted by atomic mass is 9.95. The lowest BCUT2D eigenvalue weighted by molar-refractivity contribution is -0.133. The Morgan fingerprint density at radius 1 is 1.04 bits per heavy atom. The molecule has 1 heterocycles. The summed E-state index contributed by atoms with van der Waals surface area (Å²) in [6.45, 7) is 2.94. The van der Waals surface area contributed by atoms with E-state index in [2.05, 4.69) is 31.2 Å². The molecule has 2 aromatic carbocycles. The molecule has 0 spiro atoms. The summed E-state index contributed by atoms with van der Waals surface area (Å²) in [6, 6.07) is 20.5. The summed E-state index contributed by atoms with van der Waals surface area (Å²) in [6.07, 6.45) is 1.63. The van der Waals surface area contributed by atoms with Crippen LogP contribution in [0.25, 0.3) is 0 Å². The molecular formula is C21H25NO2. The van der Waals surface area contributed by atoms with Gasteiger partial charge in [0.1, 0.15) is 0 Å². The number of likely N-dealkylation sites (tertiary alicyclic amines) is 1. The number of carbonyl (C=O) groups excluding carboxylic acids is 1. The van der Waals surface area contributed by atoms with E-state index in [0.717, 1.165) is 24.9 Å². The Labute approximate surface area is 144 Å². The Bertz CT molecular complexity index is 656. The summed E-state index contributed by atoms with van der Waals surface area (Å²) in [7, 11) is 1.72. The molecule has 0 bridgehead atoms. The molecule has 0 aliphatic carbocycles. The number of amides is 1. The highest BCUT2D eigenvalue weighted by Gasteiger charge is 2.36. The van der Waals surface area contributed by atoms with E-state index in [1.54, 1.807) is 7.11 Å². The first-order chi connectivity index (χ1) is 11.7. The molecule has 3 rings (SSSR count). The van der Waals surface area contributed by atoms with Crippen LogP contribution >= 0.6 is 0 Å². The molecule has 2 aromatic rings. The van der Waals surface area contributed by atoms with E-state index in [-0.39, 0.29) is 24.0 Å². The van der Waals surface area contributed by atoms with Crippen molar-refractivity contribution < 1.29 is 9.53 Å². The fourth-order valence-corrected chi connectivity index (χ4v) is 3.57. The maximum atomic E-state index is 12.9. The molecule has 24 heavy (non-hydrogen) atoms. The number of methoxy groups -OCH3 is 1. The molecule has 1 amide bonds. The lowest BCUT2D eigenvalue weighted by Gasteiger charge is -2.26. The number of benzene rings is 2. The minimum absolute atomic E-state index is 0.0212. The average molecular weight is 323 g/mol. The number of hydrogen-bond acceptors (Lipinski definition) is 2. The highest BCUT2D eigenvalue weighted by Crippen LogP contribution is 2.34. The summed E-state index contributed by atoms with van der Waals surface area (Å²) in [5, 5.41) is 0. The van der Waals surface area contributed by atoms with Gasteiger partial charge in [0.2, 0.25) is 5.91 Å². The molecule has 0 aromatic heterocycles. The van der Waals surface area contributed by atoms with Crippen molar-refractivity contribution in [2.24, 2.45) is 5.92 Å². The quantitative estimate of drug-likeness (QED) is 0.790. The molecule has 3 heteroatoms. The van der Waals surface area contributed by atoms with Crippen molar-refractivity contribution in [2.75, 3.05) is 13.7 Å². The third kappa shape index (κ3) is 3.51. The minimum atomic E-state index is -0.0212. The van der Waals surface area contributed by atoms with Crippen LogP contribution in [-0.4, -0.2) is 24.5 Å². The second-order valence-electron chi connectivity index (χ2n) is 6.47. The Hall–Kier alpha value is -2.13. The molecule has 0 unspecified atom stereocenters. The van der Waals surface area contributed by atoms with Crippen LogP contribution in [0.5, 0.6) is 0 Å². The van der Waals surface area contributed by atoms with E-state index >= 15 is 0 Å². The van der Waals surface area contributed by atoms with Crippen molar-refractivity contribution in [1.29, 1.82) is 0 Å². The third-order valence-corrected chi connectivity index (χ3v) is 5.05. The second-order valence-corrected chi connectivity index (χ2v) is 6.47. The number of ether oxygens (including phenoxy) is 1. The monoisotopic (exact) mass is 323 g/mol. The van der Waals surface area contributed by atoms with Crippen LogP contribution in [0.3, 0.4) is 0 Å². The minimum Gasteiger partial charge on any atom is -0.377 e. The van der Waals surface area contributed by atoms with Gasteiger partial charge in [-0.3, -0.25) is 4.79 Å². The van der Waals surface area contributed by atoms with Gasteiger partial charge in [-0.15, -0.1) is 0 Å². The van der Waals surface area contributed by atoms with Crippen molar-refractivity contribution in [3.05, 3.63) is 71.8 Å². The number of carbonyl (C=O) groups is 1. The van der Waals surface area contributed by atoms with Crippen molar-refractivity contribution in [1.82, 2.24) is 4.90 Å². The molecule has 0 saturated carbocycles. The molecule has 3 nitrogen and oxygen atoms in total. The Balaban J connectivity index is 1.68. The summed E-state index contributed by atoms with van der Waals surface area (Å²) in [4.78, 5) is 14.9. The van der Waals surface area contributed by atoms with Crippen molar-refractivity contribution in [3.8, 4) is 0 Å². The van der Waals surface area contributed by atoms with Gasteiger partial charge < -0.3 is 9.64 Å². The Kier molecular flexibility index (Phi) is 5.31. The van der Waals surface area contributed by atoms with Gasteiger partial charge in [-0.25, -0.2) is 0 Å². The van der Waals surface area contributed by atoms with Crippen LogP contribution in [0.4, 0.5) is 0 Å². The zero-order valence-electron chi connectivity index (χ0n) is 14.4. The summed E-state index contributed by atoms with van der Waals surface area (Å²) in [5.41, 5.74) is 2.33. The Morgan fingerprint density at radius 3 is 2.21 bits per heavy atom. The average Bonchev–Trinajstić information content (AvgIpc) is 3.01. The predicted molar refractivity (Wildman–Crippen MR) is 95.5 cm³/mol. The summed E-state index contributed by atoms with van der Waals surface area (Å²) < 4.78 is 5.66. The smallest absolute Gasteiger partial charge is 0.226 e. The normalized spacial score (nSPS) is 20.2. The highest BCUT2D eigenvalue weighted by atomic mass is 16.5. The van der Waals surface area contributed by atoms with Gasteiger partial charge in [-0.1, -0.05) is 60.7 Å². The van der Waals surface area contributed by atoms with Gasteiger partial charge >= 0.3 is 0 Å². The van der Waals surface area contributed by atoms with Gasteiger partial charge in [0.05, 0.1) is 12.1 Å². The maximum absolute atomic E-state index is 12.9. The summed E-state index contributed by atoms with van der Waals surface area (Å²) in [5.74, 6) is 0.297. The van der Waals surface area contributed by atoms with Crippen LogP contribution < -0.4 is 0 Å². The molecule has 126 valence electrons. The van der Waals surface area contributed by atoms with Crippen LogP contribution in [0.1, 0.15) is 43.0 Å². The lowest BCUT2D eigenvalue weighted by Crippen LogP contribution is -2.30. The van der Waals surface area contributed by atoms with Crippen LogP contribution in [0, 0.1) is 5.92 Å².